The van der Waals surface area contributed by atoms with Gasteiger partial charge in [-0.2, -0.15) is 15.2 Å². The Labute approximate surface area is 205 Å². The summed E-state index contributed by atoms with van der Waals surface area (Å²) in [6.07, 6.45) is 1.55. The summed E-state index contributed by atoms with van der Waals surface area (Å²) in [6, 6.07) is 13.8. The van der Waals surface area contributed by atoms with Gasteiger partial charge < -0.3 is 9.47 Å². The van der Waals surface area contributed by atoms with E-state index in [1.165, 1.54) is 11.3 Å². The van der Waals surface area contributed by atoms with Crippen molar-refractivity contribution in [3.8, 4) is 5.75 Å². The number of aromatic nitrogens is 1. The van der Waals surface area contributed by atoms with E-state index in [1.54, 1.807) is 6.92 Å². The Morgan fingerprint density at radius 3 is 2.62 bits per heavy atom. The van der Waals surface area contributed by atoms with Crippen LogP contribution in [0, 0.1) is 16.9 Å². The summed E-state index contributed by atoms with van der Waals surface area (Å²) in [5.41, 5.74) is 10.4. The summed E-state index contributed by atoms with van der Waals surface area (Å²) < 4.78 is 14.2. The van der Waals surface area contributed by atoms with Gasteiger partial charge in [-0.3, -0.25) is 0 Å². The van der Waals surface area contributed by atoms with Crippen molar-refractivity contribution in [3.63, 3.8) is 0 Å². The predicted octanol–water partition coefficient (Wildman–Crippen LogP) is 7.31. The van der Waals surface area contributed by atoms with Crippen molar-refractivity contribution < 1.29 is 18.8 Å². The molecule has 1 unspecified atom stereocenters. The lowest BCUT2D eigenvalue weighted by atomic mass is 9.84. The fraction of sp³-hybridized carbons (Fsp3) is 0.462. The molecule has 3 rings (SSSR count). The molecule has 1 amide bonds. The molecule has 0 saturated carbocycles. The van der Waals surface area contributed by atoms with E-state index < -0.39 is 6.09 Å². The topological polar surface area (TPSA) is 87.6 Å². The summed E-state index contributed by atoms with van der Waals surface area (Å²) in [5.74, 6) is 1.11. The van der Waals surface area contributed by atoms with Crippen LogP contribution in [0.5, 0.6) is 5.75 Å². The summed E-state index contributed by atoms with van der Waals surface area (Å²) in [4.78, 5) is 12.2. The highest BCUT2D eigenvalue weighted by Gasteiger charge is 2.24. The van der Waals surface area contributed by atoms with Crippen LogP contribution in [0.4, 0.5) is 15.6 Å². The maximum atomic E-state index is 12.2. The number of thiazole rings is 1. The number of nitrogens with one attached hydrogen (secondary N) is 2. The molecule has 34 heavy (non-hydrogen) atoms. The zero-order valence-corrected chi connectivity index (χ0v) is 21.5. The Balaban J connectivity index is 1.92. The maximum absolute atomic E-state index is 12.2. The Kier molecular flexibility index (Phi) is 8.61. The highest BCUT2D eigenvalue weighted by atomic mass is 32.1. The third-order valence-electron chi connectivity index (χ3n) is 5.40. The van der Waals surface area contributed by atoms with E-state index in [-0.39, 0.29) is 5.41 Å². The first-order valence-electron chi connectivity index (χ1n) is 11.7. The lowest BCUT2D eigenvalue weighted by Crippen LogP contribution is -2.37. The molecule has 0 fully saturated rings. The van der Waals surface area contributed by atoms with E-state index >= 15 is 0 Å². The number of hydrogen-bond donors (Lipinski definition) is 2. The summed E-state index contributed by atoms with van der Waals surface area (Å²) >= 11 is 1.42. The Bertz CT molecular complexity index is 1120. The molecule has 0 radical (unpaired) electrons. The van der Waals surface area contributed by atoms with E-state index in [2.05, 4.69) is 38.1 Å². The number of carbonyl (C=O) groups excluding carboxylic acids is 1. The Morgan fingerprint density at radius 2 is 1.97 bits per heavy atom. The standard InChI is InChI=1S/C26H34N4O3S/c1-6-32-25(31)28-24-30(17-19-10-8-7-9-11-19)21-15-22(20(29-27)14-23(21)34-24)33-13-12-18(2)16-26(3,4)5/h7-11,14-15,18,27H,6,12-13,16-17H2,1-5H3/p+1. The van der Waals surface area contributed by atoms with Crippen LogP contribution in [-0.2, 0) is 11.3 Å². The molecule has 0 bridgehead atoms. The second-order valence-electron chi connectivity index (χ2n) is 9.73. The molecule has 0 aliphatic carbocycles. The Morgan fingerprint density at radius 1 is 1.24 bits per heavy atom. The van der Waals surface area contributed by atoms with Crippen molar-refractivity contribution in [1.82, 2.24) is 0 Å². The zero-order chi connectivity index (χ0) is 24.7. The van der Waals surface area contributed by atoms with Crippen LogP contribution in [0.25, 0.3) is 10.2 Å². The van der Waals surface area contributed by atoms with Gasteiger partial charge in [-0.15, -0.1) is 0 Å². The predicted molar refractivity (Wildman–Crippen MR) is 136 cm³/mol. The quantitative estimate of drug-likeness (QED) is 0.234. The number of benzene rings is 2. The van der Waals surface area contributed by atoms with Crippen LogP contribution >= 0.6 is 11.3 Å². The second-order valence-corrected chi connectivity index (χ2v) is 10.8. The average molecular weight is 484 g/mol. The van der Waals surface area contributed by atoms with E-state index in [0.29, 0.717) is 42.2 Å². The highest BCUT2D eigenvalue weighted by Crippen LogP contribution is 2.36. The number of hydrogen-bond acceptors (Lipinski definition) is 6. The average Bonchev–Trinajstić information content (AvgIpc) is 3.08. The molecule has 2 aromatic carbocycles. The van der Waals surface area contributed by atoms with Crippen LogP contribution in [0.3, 0.4) is 0 Å². The largest absolute Gasteiger partial charge is 0.505 e. The van der Waals surface area contributed by atoms with Gasteiger partial charge in [0, 0.05) is 6.07 Å². The fourth-order valence-corrected chi connectivity index (χ4v) is 5.15. The van der Waals surface area contributed by atoms with Gasteiger partial charge >= 0.3 is 11.2 Å². The molecule has 7 nitrogen and oxygen atoms in total. The number of fused-ring (bicyclic) bond motifs is 1. The number of anilines is 1. The minimum atomic E-state index is -0.495. The number of rotatable bonds is 10. The first-order valence-corrected chi connectivity index (χ1v) is 12.5. The molecular weight excluding hydrogens is 448 g/mol. The summed E-state index contributed by atoms with van der Waals surface area (Å²) in [5, 5.41) is 7.22. The minimum absolute atomic E-state index is 0.280. The molecule has 3 aromatic rings. The lowest BCUT2D eigenvalue weighted by Gasteiger charge is -2.23. The van der Waals surface area contributed by atoms with Crippen LogP contribution in [-0.4, -0.2) is 19.3 Å². The van der Waals surface area contributed by atoms with Crippen molar-refractivity contribution in [1.29, 1.82) is 5.53 Å². The SMILES string of the molecule is CCOC(=O)Nc1sc2cc(N=N)c(OCCC(C)CC(C)(C)C)cc2[n+]1Cc1ccccc1. The van der Waals surface area contributed by atoms with Crippen LogP contribution in [0.1, 0.15) is 53.0 Å². The molecule has 0 aliphatic rings. The van der Waals surface area contributed by atoms with Gasteiger partial charge in [0.2, 0.25) is 0 Å². The molecule has 1 heterocycles. The van der Waals surface area contributed by atoms with Crippen molar-refractivity contribution >= 4 is 38.5 Å². The molecule has 1 aromatic heterocycles. The van der Waals surface area contributed by atoms with Crippen molar-refractivity contribution in [2.75, 3.05) is 18.5 Å². The van der Waals surface area contributed by atoms with Crippen molar-refractivity contribution in [3.05, 3.63) is 48.0 Å². The molecule has 0 spiro atoms. The molecule has 0 saturated heterocycles. The smallest absolute Gasteiger partial charge is 0.491 e. The zero-order valence-electron chi connectivity index (χ0n) is 20.7. The van der Waals surface area contributed by atoms with E-state index in [0.717, 1.165) is 28.6 Å². The molecule has 0 aliphatic heterocycles. The molecule has 1 atom stereocenters. The third kappa shape index (κ3) is 7.00. The van der Waals surface area contributed by atoms with Crippen LogP contribution in [0.2, 0.25) is 0 Å². The highest BCUT2D eigenvalue weighted by molar-refractivity contribution is 7.21. The van der Waals surface area contributed by atoms with Gasteiger partial charge in [0.05, 0.1) is 17.9 Å². The molecule has 2 N–H and O–H groups in total. The summed E-state index contributed by atoms with van der Waals surface area (Å²) in [6.45, 7) is 12.2. The van der Waals surface area contributed by atoms with Gasteiger partial charge in [0.15, 0.2) is 5.75 Å². The first-order chi connectivity index (χ1) is 16.2. The van der Waals surface area contributed by atoms with Gasteiger partial charge in [-0.1, -0.05) is 58.0 Å². The van der Waals surface area contributed by atoms with Gasteiger partial charge in [0.1, 0.15) is 17.7 Å². The summed E-state index contributed by atoms with van der Waals surface area (Å²) in [7, 11) is 0. The van der Waals surface area contributed by atoms with E-state index in [9.17, 15) is 4.79 Å². The van der Waals surface area contributed by atoms with Gasteiger partial charge in [0.25, 0.3) is 0 Å². The molecular formula is C26H35N4O3S+. The molecule has 182 valence electrons. The monoisotopic (exact) mass is 483 g/mol. The fourth-order valence-electron chi connectivity index (χ4n) is 4.09. The second kappa shape index (κ2) is 11.4. The van der Waals surface area contributed by atoms with Crippen LogP contribution < -0.4 is 14.6 Å². The molecule has 8 heteroatoms. The first kappa shape index (κ1) is 25.6. The Hall–Kier alpha value is -3.00. The van der Waals surface area contributed by atoms with Crippen LogP contribution in [0.15, 0.2) is 47.6 Å². The third-order valence-corrected chi connectivity index (χ3v) is 6.46. The van der Waals surface area contributed by atoms with Crippen molar-refractivity contribution in [2.45, 2.75) is 54.0 Å². The minimum Gasteiger partial charge on any atom is -0.491 e. The number of amides is 1. The number of ether oxygens (including phenoxy) is 2. The van der Waals surface area contributed by atoms with E-state index in [4.69, 9.17) is 15.0 Å². The lowest BCUT2D eigenvalue weighted by molar-refractivity contribution is -0.644. The maximum Gasteiger partial charge on any atom is 0.505 e. The normalized spacial score (nSPS) is 12.4. The number of nitrogens with zero attached hydrogens (tertiary/aromatic N) is 2. The van der Waals surface area contributed by atoms with Crippen molar-refractivity contribution in [2.24, 2.45) is 16.4 Å². The van der Waals surface area contributed by atoms with E-state index in [1.807, 2.05) is 47.0 Å². The number of carbonyl (C=O) groups is 1. The van der Waals surface area contributed by atoms with Gasteiger partial charge in [-0.25, -0.2) is 10.1 Å². The van der Waals surface area contributed by atoms with Gasteiger partial charge in [-0.05, 0) is 54.1 Å².